The second-order valence-corrected chi connectivity index (χ2v) is 4.61. The van der Waals surface area contributed by atoms with Crippen LogP contribution in [0.15, 0.2) is 0 Å². The average Bonchev–Trinajstić information content (AvgIpc) is 2.35. The molecule has 1 rings (SSSR count). The van der Waals surface area contributed by atoms with Crippen molar-refractivity contribution in [2.75, 3.05) is 26.7 Å². The molecule has 0 aromatic carbocycles. The van der Waals surface area contributed by atoms with Gasteiger partial charge in [0.05, 0.1) is 12.5 Å². The highest BCUT2D eigenvalue weighted by Crippen LogP contribution is 2.16. The van der Waals surface area contributed by atoms with E-state index >= 15 is 0 Å². The number of amides is 2. The van der Waals surface area contributed by atoms with Crippen LogP contribution in [0.4, 0.5) is 0 Å². The smallest absolute Gasteiger partial charge is 0.239 e. The van der Waals surface area contributed by atoms with E-state index in [0.717, 1.165) is 19.4 Å². The topological polar surface area (TPSA) is 61.4 Å². The molecule has 5 heteroatoms. The molecular weight excluding hydrogens is 218 g/mol. The van der Waals surface area contributed by atoms with Gasteiger partial charge in [0, 0.05) is 26.2 Å². The molecule has 0 radical (unpaired) electrons. The molecule has 17 heavy (non-hydrogen) atoms. The molecule has 0 aliphatic carbocycles. The second-order valence-electron chi connectivity index (χ2n) is 4.61. The highest BCUT2D eigenvalue weighted by Gasteiger charge is 2.27. The number of nitrogens with one attached hydrogen (secondary N) is 2. The van der Waals surface area contributed by atoms with Gasteiger partial charge in [-0.05, 0) is 26.7 Å². The summed E-state index contributed by atoms with van der Waals surface area (Å²) >= 11 is 0. The van der Waals surface area contributed by atoms with Gasteiger partial charge in [-0.2, -0.15) is 0 Å². The van der Waals surface area contributed by atoms with Gasteiger partial charge in [-0.25, -0.2) is 0 Å². The third-order valence-electron chi connectivity index (χ3n) is 3.32. The van der Waals surface area contributed by atoms with Crippen molar-refractivity contribution in [2.45, 2.75) is 32.7 Å². The van der Waals surface area contributed by atoms with Crippen molar-refractivity contribution >= 4 is 11.8 Å². The molecule has 1 fully saturated rings. The van der Waals surface area contributed by atoms with Gasteiger partial charge in [-0.3, -0.25) is 9.59 Å². The predicted molar refractivity (Wildman–Crippen MR) is 66.5 cm³/mol. The van der Waals surface area contributed by atoms with E-state index in [4.69, 9.17) is 0 Å². The molecule has 1 aliphatic rings. The zero-order valence-corrected chi connectivity index (χ0v) is 11.0. The van der Waals surface area contributed by atoms with Crippen LogP contribution in [0, 0.1) is 5.92 Å². The number of piperidine rings is 1. The van der Waals surface area contributed by atoms with Crippen molar-refractivity contribution in [3.8, 4) is 0 Å². The third kappa shape index (κ3) is 4.00. The summed E-state index contributed by atoms with van der Waals surface area (Å²) in [6, 6.07) is 0.494. The molecule has 98 valence electrons. The summed E-state index contributed by atoms with van der Waals surface area (Å²) in [7, 11) is 1.59. The fourth-order valence-corrected chi connectivity index (χ4v) is 2.07. The lowest BCUT2D eigenvalue weighted by Gasteiger charge is -2.31. The van der Waals surface area contributed by atoms with E-state index in [2.05, 4.69) is 17.6 Å². The number of likely N-dealkylation sites (N-methyl/N-ethyl adjacent to an activating group) is 2. The van der Waals surface area contributed by atoms with Crippen LogP contribution >= 0.6 is 0 Å². The molecule has 0 saturated carbocycles. The summed E-state index contributed by atoms with van der Waals surface area (Å²) < 4.78 is 0. The van der Waals surface area contributed by atoms with Crippen molar-refractivity contribution in [2.24, 2.45) is 5.92 Å². The van der Waals surface area contributed by atoms with Gasteiger partial charge in [0.15, 0.2) is 0 Å². The van der Waals surface area contributed by atoms with Gasteiger partial charge in [0.25, 0.3) is 0 Å². The van der Waals surface area contributed by atoms with Crippen LogP contribution in [-0.4, -0.2) is 49.4 Å². The lowest BCUT2D eigenvalue weighted by Crippen LogP contribution is -2.48. The Morgan fingerprint density at radius 2 is 2.12 bits per heavy atom. The van der Waals surface area contributed by atoms with Gasteiger partial charge >= 0.3 is 0 Å². The summed E-state index contributed by atoms with van der Waals surface area (Å²) in [5, 5.41) is 5.86. The molecule has 2 unspecified atom stereocenters. The Labute approximate surface area is 103 Å². The molecule has 2 atom stereocenters. The van der Waals surface area contributed by atoms with E-state index in [1.54, 1.807) is 11.9 Å². The van der Waals surface area contributed by atoms with Gasteiger partial charge in [0.1, 0.15) is 0 Å². The highest BCUT2D eigenvalue weighted by atomic mass is 16.2. The maximum atomic E-state index is 12.2. The van der Waals surface area contributed by atoms with Crippen LogP contribution < -0.4 is 10.6 Å². The number of carbonyl (C=O) groups excluding carboxylic acids is 2. The average molecular weight is 241 g/mol. The van der Waals surface area contributed by atoms with Crippen LogP contribution in [0.3, 0.4) is 0 Å². The Morgan fingerprint density at radius 1 is 1.41 bits per heavy atom. The van der Waals surface area contributed by atoms with E-state index in [9.17, 15) is 9.59 Å². The zero-order valence-electron chi connectivity index (χ0n) is 11.0. The van der Waals surface area contributed by atoms with Crippen molar-refractivity contribution < 1.29 is 9.59 Å². The number of hydrogen-bond acceptors (Lipinski definition) is 3. The Balaban J connectivity index is 2.51. The van der Waals surface area contributed by atoms with Gasteiger partial charge in [-0.15, -0.1) is 0 Å². The first-order valence-electron chi connectivity index (χ1n) is 6.31. The second kappa shape index (κ2) is 6.59. The van der Waals surface area contributed by atoms with Crippen molar-refractivity contribution in [3.63, 3.8) is 0 Å². The normalized spacial score (nSPS) is 24.2. The van der Waals surface area contributed by atoms with Crippen molar-refractivity contribution in [3.05, 3.63) is 0 Å². The van der Waals surface area contributed by atoms with E-state index in [0.29, 0.717) is 12.6 Å². The van der Waals surface area contributed by atoms with Crippen LogP contribution in [0.1, 0.15) is 26.7 Å². The van der Waals surface area contributed by atoms with Crippen LogP contribution in [-0.2, 0) is 9.59 Å². The molecule has 2 N–H and O–H groups in total. The molecular formula is C12H23N3O2. The third-order valence-corrected chi connectivity index (χ3v) is 3.32. The molecule has 1 aliphatic heterocycles. The monoisotopic (exact) mass is 241 g/mol. The van der Waals surface area contributed by atoms with Crippen LogP contribution in [0.2, 0.25) is 0 Å². The van der Waals surface area contributed by atoms with Crippen molar-refractivity contribution in [1.29, 1.82) is 0 Å². The van der Waals surface area contributed by atoms with Gasteiger partial charge in [0.2, 0.25) is 11.8 Å². The van der Waals surface area contributed by atoms with Gasteiger partial charge < -0.3 is 15.5 Å². The number of nitrogens with zero attached hydrogens (tertiary/aromatic N) is 1. The van der Waals surface area contributed by atoms with Crippen LogP contribution in [0.25, 0.3) is 0 Å². The summed E-state index contributed by atoms with van der Waals surface area (Å²) in [5.41, 5.74) is 0. The maximum Gasteiger partial charge on any atom is 0.239 e. The van der Waals surface area contributed by atoms with E-state index < -0.39 is 0 Å². The Kier molecular flexibility index (Phi) is 5.41. The minimum Gasteiger partial charge on any atom is -0.358 e. The van der Waals surface area contributed by atoms with E-state index in [-0.39, 0.29) is 24.3 Å². The highest BCUT2D eigenvalue weighted by molar-refractivity contribution is 5.85. The van der Waals surface area contributed by atoms with E-state index in [1.807, 2.05) is 6.92 Å². The Hall–Kier alpha value is -1.10. The lowest BCUT2D eigenvalue weighted by molar-refractivity contribution is -0.139. The maximum absolute atomic E-state index is 12.2. The number of hydrogen-bond donors (Lipinski definition) is 2. The van der Waals surface area contributed by atoms with Crippen LogP contribution in [0.5, 0.6) is 0 Å². The summed E-state index contributed by atoms with van der Waals surface area (Å²) in [6.45, 7) is 5.50. The first kappa shape index (κ1) is 14.0. The molecule has 0 spiro atoms. The molecule has 2 amide bonds. The zero-order chi connectivity index (χ0) is 12.8. The minimum absolute atomic E-state index is 0.0239. The lowest BCUT2D eigenvalue weighted by atomic mass is 9.94. The Bertz CT molecular complexity index is 273. The summed E-state index contributed by atoms with van der Waals surface area (Å²) in [6.07, 6.45) is 1.94. The number of carbonyl (C=O) groups is 2. The quantitative estimate of drug-likeness (QED) is 0.726. The largest absolute Gasteiger partial charge is 0.358 e. The van der Waals surface area contributed by atoms with Gasteiger partial charge in [-0.1, -0.05) is 0 Å². The van der Waals surface area contributed by atoms with Crippen molar-refractivity contribution in [1.82, 2.24) is 15.5 Å². The van der Waals surface area contributed by atoms with E-state index in [1.165, 1.54) is 0 Å². The molecule has 0 aromatic rings. The molecule has 0 aromatic heterocycles. The fourth-order valence-electron chi connectivity index (χ4n) is 2.07. The molecule has 1 heterocycles. The first-order valence-corrected chi connectivity index (χ1v) is 6.31. The molecule has 5 nitrogen and oxygen atoms in total. The SMILES string of the molecule is CCN(CC(=O)NC)C(=O)C1CCC(C)NC1. The predicted octanol–water partition coefficient (Wildman–Crippen LogP) is -0.0310. The first-order chi connectivity index (χ1) is 8.08. The number of rotatable bonds is 4. The standard InChI is InChI=1S/C12H23N3O2/c1-4-15(8-11(16)13-3)12(17)10-6-5-9(2)14-7-10/h9-10,14H,4-8H2,1-3H3,(H,13,16). The fraction of sp³-hybridized carbons (Fsp3) is 0.833. The summed E-state index contributed by atoms with van der Waals surface area (Å²) in [5.74, 6) is 0.00337. The molecule has 1 saturated heterocycles. The minimum atomic E-state index is -0.114. The Morgan fingerprint density at radius 3 is 2.59 bits per heavy atom. The summed E-state index contributed by atoms with van der Waals surface area (Å²) in [4.78, 5) is 25.1. The molecule has 0 bridgehead atoms.